The second kappa shape index (κ2) is 9.64. The fraction of sp³-hybridized carbons (Fsp3) is 0.440. The number of hydrogen-bond donors (Lipinski definition) is 1. The van der Waals surface area contributed by atoms with Gasteiger partial charge < -0.3 is 9.80 Å². The number of aromatic nitrogens is 1. The molecule has 1 aliphatic rings. The number of thiazole rings is 1. The summed E-state index contributed by atoms with van der Waals surface area (Å²) in [6.07, 6.45) is 0. The minimum Gasteiger partial charge on any atom is -0.365 e. The summed E-state index contributed by atoms with van der Waals surface area (Å²) in [5.41, 5.74) is 3.13. The fourth-order valence-electron chi connectivity index (χ4n) is 4.37. The monoisotopic (exact) mass is 500 g/mol. The Bertz CT molecular complexity index is 1290. The number of nitrogens with zero attached hydrogens (tertiary/aromatic N) is 3. The van der Waals surface area contributed by atoms with E-state index < -0.39 is 16.1 Å². The Morgan fingerprint density at radius 1 is 1.12 bits per heavy atom. The summed E-state index contributed by atoms with van der Waals surface area (Å²) in [5, 5.41) is 0.881. The molecular weight excluding hydrogens is 468 g/mol. The van der Waals surface area contributed by atoms with E-state index in [2.05, 4.69) is 52.7 Å². The topological polar surface area (TPSA) is 82.6 Å². The molecule has 0 radical (unpaired) electrons. The van der Waals surface area contributed by atoms with Crippen molar-refractivity contribution in [2.75, 3.05) is 24.5 Å². The first-order valence-electron chi connectivity index (χ1n) is 11.6. The molecule has 2 unspecified atom stereocenters. The minimum atomic E-state index is -3.87. The highest BCUT2D eigenvalue weighted by molar-refractivity contribution is 7.89. The molecule has 1 N–H and O–H groups in total. The van der Waals surface area contributed by atoms with Gasteiger partial charge in [0.2, 0.25) is 15.9 Å². The van der Waals surface area contributed by atoms with Crippen molar-refractivity contribution in [2.24, 2.45) is 5.92 Å². The lowest BCUT2D eigenvalue weighted by molar-refractivity contribution is -0.134. The number of nitrogens with one attached hydrogen (secondary N) is 1. The first kappa shape index (κ1) is 24.6. The van der Waals surface area contributed by atoms with Crippen molar-refractivity contribution in [3.63, 3.8) is 0 Å². The zero-order valence-corrected chi connectivity index (χ0v) is 21.9. The van der Waals surface area contributed by atoms with Gasteiger partial charge >= 0.3 is 0 Å². The van der Waals surface area contributed by atoms with Crippen molar-refractivity contribution in [3.8, 4) is 0 Å². The molecule has 1 fully saturated rings. The number of piperazine rings is 1. The number of amides is 1. The van der Waals surface area contributed by atoms with Crippen LogP contribution < -0.4 is 9.62 Å². The van der Waals surface area contributed by atoms with Gasteiger partial charge in [0.1, 0.15) is 6.04 Å². The maximum atomic E-state index is 13.5. The molecule has 0 aliphatic carbocycles. The van der Waals surface area contributed by atoms with Gasteiger partial charge in [0, 0.05) is 31.4 Å². The second-order valence-electron chi connectivity index (χ2n) is 9.37. The number of fused-ring (bicyclic) bond motifs is 1. The summed E-state index contributed by atoms with van der Waals surface area (Å²) >= 11 is 1.45. The molecule has 3 aromatic rings. The number of carbonyl (C=O) groups excluding carboxylic acids is 1. The lowest BCUT2D eigenvalue weighted by Gasteiger charge is -2.42. The van der Waals surface area contributed by atoms with Crippen LogP contribution in [0.5, 0.6) is 0 Å². The summed E-state index contributed by atoms with van der Waals surface area (Å²) in [5.74, 6) is -0.370. The number of hydrogen-bond acceptors (Lipinski definition) is 6. The van der Waals surface area contributed by atoms with E-state index >= 15 is 0 Å². The van der Waals surface area contributed by atoms with Crippen LogP contribution >= 0.6 is 11.3 Å². The van der Waals surface area contributed by atoms with Gasteiger partial charge in [0.05, 0.1) is 20.1 Å². The molecule has 7 nitrogen and oxygen atoms in total. The summed E-state index contributed by atoms with van der Waals surface area (Å²) in [7, 11) is -3.87. The molecule has 1 saturated heterocycles. The van der Waals surface area contributed by atoms with E-state index in [0.29, 0.717) is 19.6 Å². The highest BCUT2D eigenvalue weighted by Crippen LogP contribution is 2.26. The standard InChI is InChI=1S/C25H32N4O3S2/c1-16(2)24(27-34(31,32)21-10-11-22-23(14-21)33-19(5)26-22)25(30)28-12-13-29(18(4)15-28)20-8-6-17(3)7-9-20/h6-11,14,16,18,24,27H,12-13,15H2,1-5H3. The molecule has 182 valence electrons. The third-order valence-electron chi connectivity index (χ3n) is 6.30. The fourth-order valence-corrected chi connectivity index (χ4v) is 6.67. The van der Waals surface area contributed by atoms with Crippen molar-refractivity contribution in [2.45, 2.75) is 51.6 Å². The number of aryl methyl sites for hydroxylation is 2. The van der Waals surface area contributed by atoms with Crippen molar-refractivity contribution in [1.29, 1.82) is 0 Å². The largest absolute Gasteiger partial charge is 0.365 e. The Labute approximate surface area is 205 Å². The number of carbonyl (C=O) groups is 1. The first-order valence-corrected chi connectivity index (χ1v) is 13.9. The molecule has 2 atom stereocenters. The van der Waals surface area contributed by atoms with Crippen LogP contribution in [0.2, 0.25) is 0 Å². The molecule has 2 aromatic carbocycles. The molecule has 0 saturated carbocycles. The number of anilines is 1. The van der Waals surface area contributed by atoms with E-state index in [0.717, 1.165) is 20.9 Å². The van der Waals surface area contributed by atoms with Crippen LogP contribution in [0.1, 0.15) is 31.3 Å². The van der Waals surface area contributed by atoms with Crippen LogP contribution in [-0.4, -0.2) is 55.9 Å². The molecule has 1 aromatic heterocycles. The molecule has 0 bridgehead atoms. The molecular formula is C25H32N4O3S2. The van der Waals surface area contributed by atoms with E-state index in [1.165, 1.54) is 16.9 Å². The van der Waals surface area contributed by atoms with Crippen molar-refractivity contribution in [3.05, 3.63) is 53.0 Å². The number of benzene rings is 2. The van der Waals surface area contributed by atoms with Gasteiger partial charge in [-0.3, -0.25) is 4.79 Å². The van der Waals surface area contributed by atoms with E-state index in [1.807, 2.05) is 20.8 Å². The summed E-state index contributed by atoms with van der Waals surface area (Å²) in [4.78, 5) is 22.1. The Balaban J connectivity index is 1.49. The average molecular weight is 501 g/mol. The zero-order chi connectivity index (χ0) is 24.6. The van der Waals surface area contributed by atoms with E-state index in [1.54, 1.807) is 23.1 Å². The molecule has 9 heteroatoms. The smallest absolute Gasteiger partial charge is 0.241 e. The quantitative estimate of drug-likeness (QED) is 0.554. The van der Waals surface area contributed by atoms with E-state index in [9.17, 15) is 13.2 Å². The number of sulfonamides is 1. The lowest BCUT2D eigenvalue weighted by Crippen LogP contribution is -2.59. The maximum Gasteiger partial charge on any atom is 0.241 e. The van der Waals surface area contributed by atoms with E-state index in [4.69, 9.17) is 0 Å². The van der Waals surface area contributed by atoms with Crippen LogP contribution in [0.4, 0.5) is 5.69 Å². The molecule has 0 spiro atoms. The van der Waals surface area contributed by atoms with Crippen LogP contribution in [-0.2, 0) is 14.8 Å². The molecule has 34 heavy (non-hydrogen) atoms. The van der Waals surface area contributed by atoms with Gasteiger partial charge in [-0.25, -0.2) is 13.4 Å². The van der Waals surface area contributed by atoms with Crippen molar-refractivity contribution >= 4 is 43.2 Å². The molecule has 2 heterocycles. The minimum absolute atomic E-state index is 0.127. The van der Waals surface area contributed by atoms with Crippen molar-refractivity contribution in [1.82, 2.24) is 14.6 Å². The third kappa shape index (κ3) is 5.11. The summed E-state index contributed by atoms with van der Waals surface area (Å²) < 4.78 is 29.9. The average Bonchev–Trinajstić information content (AvgIpc) is 3.17. The number of rotatable bonds is 6. The lowest BCUT2D eigenvalue weighted by atomic mass is 10.0. The summed E-state index contributed by atoms with van der Waals surface area (Å²) in [6.45, 7) is 11.6. The van der Waals surface area contributed by atoms with Crippen LogP contribution in [0.3, 0.4) is 0 Å². The summed E-state index contributed by atoms with van der Waals surface area (Å²) in [6, 6.07) is 12.6. The van der Waals surface area contributed by atoms with Crippen LogP contribution in [0, 0.1) is 19.8 Å². The predicted octanol–water partition coefficient (Wildman–Crippen LogP) is 3.95. The highest BCUT2D eigenvalue weighted by Gasteiger charge is 2.35. The second-order valence-corrected chi connectivity index (χ2v) is 12.3. The first-order chi connectivity index (χ1) is 16.0. The van der Waals surface area contributed by atoms with Gasteiger partial charge in [-0.15, -0.1) is 11.3 Å². The van der Waals surface area contributed by atoms with Crippen LogP contribution in [0.25, 0.3) is 10.2 Å². The predicted molar refractivity (Wildman–Crippen MR) is 138 cm³/mol. The van der Waals surface area contributed by atoms with Gasteiger partial charge in [-0.05, 0) is 57.0 Å². The molecule has 1 aliphatic heterocycles. The molecule has 4 rings (SSSR count). The third-order valence-corrected chi connectivity index (χ3v) is 8.67. The molecule has 1 amide bonds. The van der Waals surface area contributed by atoms with Crippen molar-refractivity contribution < 1.29 is 13.2 Å². The van der Waals surface area contributed by atoms with Gasteiger partial charge in [0.25, 0.3) is 0 Å². The maximum absolute atomic E-state index is 13.5. The Morgan fingerprint density at radius 3 is 2.47 bits per heavy atom. The van der Waals surface area contributed by atoms with Gasteiger partial charge in [-0.1, -0.05) is 31.5 Å². The Morgan fingerprint density at radius 2 is 1.82 bits per heavy atom. The van der Waals surface area contributed by atoms with Gasteiger partial charge in [0.15, 0.2) is 0 Å². The Hall–Kier alpha value is -2.49. The highest BCUT2D eigenvalue weighted by atomic mass is 32.2. The van der Waals surface area contributed by atoms with Gasteiger partial charge in [-0.2, -0.15) is 4.72 Å². The normalized spacial score (nSPS) is 18.0. The zero-order valence-electron chi connectivity index (χ0n) is 20.3. The Kier molecular flexibility index (Phi) is 6.98. The SMILES string of the molecule is Cc1ccc(N2CCN(C(=O)C(NS(=O)(=O)c3ccc4nc(C)sc4c3)C(C)C)CC2C)cc1. The van der Waals surface area contributed by atoms with E-state index in [-0.39, 0.29) is 22.8 Å². The van der Waals surface area contributed by atoms with Crippen LogP contribution in [0.15, 0.2) is 47.4 Å².